The minimum Gasteiger partial charge on any atom is -0.481 e. The molecule has 0 aliphatic carbocycles. The maximum atomic E-state index is 12.1. The number of thiazole rings is 1. The Bertz CT molecular complexity index is 893. The van der Waals surface area contributed by atoms with Gasteiger partial charge in [0.25, 0.3) is 0 Å². The predicted octanol–water partition coefficient (Wildman–Crippen LogP) is 3.71. The Hall–Kier alpha value is -2.40. The number of hydrogen-bond acceptors (Lipinski definition) is 3. The molecule has 0 spiro atoms. The highest BCUT2D eigenvalue weighted by atomic mass is 32.1. The molecule has 0 unspecified atom stereocenters. The monoisotopic (exact) mass is 341 g/mol. The number of aryl methyl sites for hydroxylation is 3. The van der Waals surface area contributed by atoms with Crippen LogP contribution in [0.4, 0.5) is 0 Å². The van der Waals surface area contributed by atoms with Gasteiger partial charge >= 0.3 is 10.8 Å². The lowest BCUT2D eigenvalue weighted by atomic mass is 10.0. The summed E-state index contributed by atoms with van der Waals surface area (Å²) in [6.45, 7) is 0.712. The molecular formula is C19H19NO3S. The lowest BCUT2D eigenvalue weighted by molar-refractivity contribution is -0.136. The number of fused-ring (bicyclic) bond motifs is 1. The summed E-state index contributed by atoms with van der Waals surface area (Å²) in [6, 6.07) is 16.0. The van der Waals surface area contributed by atoms with Gasteiger partial charge in [0.1, 0.15) is 0 Å². The summed E-state index contributed by atoms with van der Waals surface area (Å²) < 4.78 is 2.88. The Kier molecular flexibility index (Phi) is 5.11. The van der Waals surface area contributed by atoms with Crippen molar-refractivity contribution in [1.82, 2.24) is 4.57 Å². The molecule has 3 aromatic rings. The summed E-state index contributed by atoms with van der Waals surface area (Å²) in [6.07, 6.45) is 2.52. The van der Waals surface area contributed by atoms with Crippen LogP contribution in [0.3, 0.4) is 0 Å². The van der Waals surface area contributed by atoms with E-state index in [9.17, 15) is 9.59 Å². The van der Waals surface area contributed by atoms with Crippen LogP contribution in [-0.2, 0) is 24.2 Å². The average molecular weight is 341 g/mol. The topological polar surface area (TPSA) is 59.3 Å². The summed E-state index contributed by atoms with van der Waals surface area (Å²) in [5.74, 6) is -0.771. The fourth-order valence-electron chi connectivity index (χ4n) is 2.79. The second-order valence-electron chi connectivity index (χ2n) is 5.80. The molecule has 0 saturated carbocycles. The molecular weight excluding hydrogens is 322 g/mol. The van der Waals surface area contributed by atoms with Gasteiger partial charge in [0.2, 0.25) is 0 Å². The minimum atomic E-state index is -0.771. The number of rotatable bonds is 7. The van der Waals surface area contributed by atoms with Crippen LogP contribution < -0.4 is 4.87 Å². The van der Waals surface area contributed by atoms with Crippen LogP contribution in [0.25, 0.3) is 10.2 Å². The van der Waals surface area contributed by atoms with Crippen LogP contribution in [0, 0.1) is 0 Å². The summed E-state index contributed by atoms with van der Waals surface area (Å²) in [4.78, 5) is 22.8. The molecule has 0 fully saturated rings. The Morgan fingerprint density at radius 3 is 2.38 bits per heavy atom. The summed E-state index contributed by atoms with van der Waals surface area (Å²) in [5.41, 5.74) is 3.26. The number of carboxylic acid groups (broad SMARTS) is 1. The molecule has 0 aliphatic heterocycles. The SMILES string of the molecule is O=C(O)CCc1ccc(CCCn2c(=O)sc3ccccc32)cc1. The molecule has 0 saturated heterocycles. The molecule has 2 aromatic carbocycles. The normalized spacial score (nSPS) is 11.0. The zero-order chi connectivity index (χ0) is 16.9. The van der Waals surface area contributed by atoms with E-state index >= 15 is 0 Å². The molecule has 4 nitrogen and oxygen atoms in total. The van der Waals surface area contributed by atoms with Gasteiger partial charge < -0.3 is 5.11 Å². The van der Waals surface area contributed by atoms with Gasteiger partial charge in [-0.15, -0.1) is 0 Å². The Morgan fingerprint density at radius 2 is 1.67 bits per heavy atom. The molecule has 124 valence electrons. The Morgan fingerprint density at radius 1 is 1.00 bits per heavy atom. The lowest BCUT2D eigenvalue weighted by Gasteiger charge is -2.05. The van der Waals surface area contributed by atoms with E-state index in [0.29, 0.717) is 13.0 Å². The molecule has 0 aliphatic rings. The van der Waals surface area contributed by atoms with Crippen molar-refractivity contribution in [2.24, 2.45) is 0 Å². The number of nitrogens with zero attached hydrogens (tertiary/aromatic N) is 1. The highest BCUT2D eigenvalue weighted by molar-refractivity contribution is 7.16. The summed E-state index contributed by atoms with van der Waals surface area (Å²) in [5, 5.41) is 8.71. The highest BCUT2D eigenvalue weighted by Gasteiger charge is 2.06. The van der Waals surface area contributed by atoms with E-state index in [4.69, 9.17) is 5.11 Å². The molecule has 1 N–H and O–H groups in total. The largest absolute Gasteiger partial charge is 0.481 e. The van der Waals surface area contributed by atoms with Crippen molar-refractivity contribution in [2.75, 3.05) is 0 Å². The Balaban J connectivity index is 1.59. The molecule has 0 bridgehead atoms. The van der Waals surface area contributed by atoms with E-state index in [1.54, 1.807) is 0 Å². The highest BCUT2D eigenvalue weighted by Crippen LogP contribution is 2.17. The first kappa shape index (κ1) is 16.5. The van der Waals surface area contributed by atoms with E-state index in [2.05, 4.69) is 0 Å². The van der Waals surface area contributed by atoms with Crippen LogP contribution in [0.1, 0.15) is 24.0 Å². The molecule has 1 heterocycles. The smallest absolute Gasteiger partial charge is 0.308 e. The third-order valence-electron chi connectivity index (χ3n) is 4.07. The van der Waals surface area contributed by atoms with Gasteiger partial charge in [0.15, 0.2) is 0 Å². The van der Waals surface area contributed by atoms with Gasteiger partial charge in [0.05, 0.1) is 10.2 Å². The fraction of sp³-hybridized carbons (Fsp3) is 0.263. The van der Waals surface area contributed by atoms with Crippen LogP contribution in [0.2, 0.25) is 0 Å². The molecule has 1 aromatic heterocycles. The van der Waals surface area contributed by atoms with Crippen LogP contribution >= 0.6 is 11.3 Å². The number of hydrogen-bond donors (Lipinski definition) is 1. The average Bonchev–Trinajstić information content (AvgIpc) is 2.90. The van der Waals surface area contributed by atoms with Crippen LogP contribution in [-0.4, -0.2) is 15.6 Å². The number of aromatic nitrogens is 1. The number of carbonyl (C=O) groups is 1. The van der Waals surface area contributed by atoms with Gasteiger partial charge in [0, 0.05) is 13.0 Å². The van der Waals surface area contributed by atoms with E-state index in [-0.39, 0.29) is 11.3 Å². The number of carboxylic acids is 1. The van der Waals surface area contributed by atoms with Gasteiger partial charge in [-0.3, -0.25) is 14.2 Å². The molecule has 0 radical (unpaired) electrons. The fourth-order valence-corrected chi connectivity index (χ4v) is 3.71. The van der Waals surface area contributed by atoms with Crippen molar-refractivity contribution in [3.05, 3.63) is 69.3 Å². The van der Waals surface area contributed by atoms with Crippen LogP contribution in [0.5, 0.6) is 0 Å². The quantitative estimate of drug-likeness (QED) is 0.712. The van der Waals surface area contributed by atoms with Gasteiger partial charge in [-0.2, -0.15) is 0 Å². The second-order valence-corrected chi connectivity index (χ2v) is 6.79. The molecule has 5 heteroatoms. The molecule has 3 rings (SSSR count). The van der Waals surface area contributed by atoms with Crippen molar-refractivity contribution >= 4 is 27.5 Å². The number of aliphatic carboxylic acids is 1. The molecule has 0 atom stereocenters. The van der Waals surface area contributed by atoms with E-state index in [1.165, 1.54) is 16.9 Å². The van der Waals surface area contributed by atoms with Gasteiger partial charge in [-0.1, -0.05) is 47.7 Å². The van der Waals surface area contributed by atoms with E-state index in [1.807, 2.05) is 53.1 Å². The minimum absolute atomic E-state index is 0.0974. The molecule has 24 heavy (non-hydrogen) atoms. The van der Waals surface area contributed by atoms with Crippen molar-refractivity contribution in [1.29, 1.82) is 0 Å². The number of benzene rings is 2. The van der Waals surface area contributed by atoms with E-state index < -0.39 is 5.97 Å². The summed E-state index contributed by atoms with van der Waals surface area (Å²) in [7, 11) is 0. The zero-order valence-corrected chi connectivity index (χ0v) is 14.1. The first-order valence-corrected chi connectivity index (χ1v) is 8.83. The van der Waals surface area contributed by atoms with Crippen molar-refractivity contribution < 1.29 is 9.90 Å². The standard InChI is InChI=1S/C19H19NO3S/c21-18(22)12-11-15-9-7-14(8-10-15)4-3-13-20-16-5-1-2-6-17(16)24-19(20)23/h1-2,5-10H,3-4,11-13H2,(H,21,22). The van der Waals surface area contributed by atoms with Gasteiger partial charge in [-0.05, 0) is 42.5 Å². The summed E-state index contributed by atoms with van der Waals surface area (Å²) >= 11 is 1.29. The first-order valence-electron chi connectivity index (χ1n) is 8.01. The van der Waals surface area contributed by atoms with Crippen molar-refractivity contribution in [2.45, 2.75) is 32.2 Å². The van der Waals surface area contributed by atoms with Gasteiger partial charge in [-0.25, -0.2) is 0 Å². The predicted molar refractivity (Wildman–Crippen MR) is 96.8 cm³/mol. The maximum absolute atomic E-state index is 12.1. The van der Waals surface area contributed by atoms with Crippen molar-refractivity contribution in [3.8, 4) is 0 Å². The van der Waals surface area contributed by atoms with Crippen LogP contribution in [0.15, 0.2) is 53.3 Å². The second kappa shape index (κ2) is 7.45. The number of para-hydroxylation sites is 1. The zero-order valence-electron chi connectivity index (χ0n) is 13.3. The lowest BCUT2D eigenvalue weighted by Crippen LogP contribution is -2.13. The first-order chi connectivity index (χ1) is 11.6. The maximum Gasteiger partial charge on any atom is 0.308 e. The van der Waals surface area contributed by atoms with E-state index in [0.717, 1.165) is 28.6 Å². The van der Waals surface area contributed by atoms with Crippen molar-refractivity contribution in [3.63, 3.8) is 0 Å². The third kappa shape index (κ3) is 3.92. The molecule has 0 amide bonds. The Labute approximate surface area is 144 Å². The third-order valence-corrected chi connectivity index (χ3v) is 5.03.